The van der Waals surface area contributed by atoms with E-state index in [1.54, 1.807) is 24.3 Å². The maximum atomic E-state index is 9.57. The average molecular weight is 360 g/mol. The van der Waals surface area contributed by atoms with Crippen molar-refractivity contribution < 1.29 is 10.2 Å². The Bertz CT molecular complexity index is 863. The van der Waals surface area contributed by atoms with E-state index in [4.69, 9.17) is 0 Å². The number of aromatic hydroxyl groups is 2. The van der Waals surface area contributed by atoms with Gasteiger partial charge >= 0.3 is 0 Å². The summed E-state index contributed by atoms with van der Waals surface area (Å²) in [4.78, 5) is 4.88. The molecular formula is C23H24N2O2. The molecule has 0 bridgehead atoms. The third-order valence-electron chi connectivity index (χ3n) is 5.21. The highest BCUT2D eigenvalue weighted by molar-refractivity contribution is 5.50. The molecule has 1 atom stereocenters. The smallest absolute Gasteiger partial charge is 0.115 e. The zero-order valence-electron chi connectivity index (χ0n) is 15.2. The standard InChI is InChI=1S/C23H24N2O2/c26-21-10-6-18(7-11-21)16-25-15-14-24(20-8-12-22(27)13-9-20)17-23(25)19-4-2-1-3-5-19/h1-13,23,26-27H,14-17H2/t23-/m1/s1. The Morgan fingerprint density at radius 1 is 0.741 bits per heavy atom. The normalized spacial score (nSPS) is 17.8. The van der Waals surface area contributed by atoms with Gasteiger partial charge in [-0.1, -0.05) is 42.5 Å². The van der Waals surface area contributed by atoms with Gasteiger partial charge in [0, 0.05) is 31.9 Å². The highest BCUT2D eigenvalue weighted by Crippen LogP contribution is 2.30. The molecule has 0 radical (unpaired) electrons. The van der Waals surface area contributed by atoms with E-state index in [0.717, 1.165) is 31.9 Å². The van der Waals surface area contributed by atoms with Crippen molar-refractivity contribution in [1.29, 1.82) is 0 Å². The van der Waals surface area contributed by atoms with Gasteiger partial charge in [0.2, 0.25) is 0 Å². The molecule has 1 fully saturated rings. The van der Waals surface area contributed by atoms with Gasteiger partial charge in [-0.05, 0) is 47.5 Å². The van der Waals surface area contributed by atoms with Crippen LogP contribution in [-0.4, -0.2) is 34.7 Å². The molecule has 0 unspecified atom stereocenters. The number of anilines is 1. The minimum absolute atomic E-state index is 0.280. The van der Waals surface area contributed by atoms with Gasteiger partial charge in [0.1, 0.15) is 11.5 Å². The van der Waals surface area contributed by atoms with Gasteiger partial charge in [0.25, 0.3) is 0 Å². The molecule has 4 heteroatoms. The number of hydrogen-bond acceptors (Lipinski definition) is 4. The maximum Gasteiger partial charge on any atom is 0.115 e. The number of piperazine rings is 1. The second-order valence-electron chi connectivity index (χ2n) is 7.03. The molecule has 0 aromatic heterocycles. The van der Waals surface area contributed by atoms with E-state index in [-0.39, 0.29) is 6.04 Å². The van der Waals surface area contributed by atoms with Crippen LogP contribution in [0.3, 0.4) is 0 Å². The molecule has 138 valence electrons. The Kier molecular flexibility index (Phi) is 4.99. The number of rotatable bonds is 4. The highest BCUT2D eigenvalue weighted by atomic mass is 16.3. The second kappa shape index (κ2) is 7.72. The van der Waals surface area contributed by atoms with E-state index >= 15 is 0 Å². The average Bonchev–Trinajstić information content (AvgIpc) is 2.71. The maximum absolute atomic E-state index is 9.57. The van der Waals surface area contributed by atoms with Crippen LogP contribution in [-0.2, 0) is 6.54 Å². The molecule has 2 N–H and O–H groups in total. The van der Waals surface area contributed by atoms with Crippen molar-refractivity contribution in [2.75, 3.05) is 24.5 Å². The van der Waals surface area contributed by atoms with Crippen LogP contribution in [0.4, 0.5) is 5.69 Å². The van der Waals surface area contributed by atoms with Gasteiger partial charge in [-0.25, -0.2) is 0 Å². The number of phenolic OH excluding ortho intramolecular Hbond substituents is 2. The van der Waals surface area contributed by atoms with Crippen LogP contribution in [0, 0.1) is 0 Å². The van der Waals surface area contributed by atoms with Gasteiger partial charge in [-0.3, -0.25) is 4.90 Å². The minimum Gasteiger partial charge on any atom is -0.508 e. The molecule has 1 heterocycles. The first-order valence-electron chi connectivity index (χ1n) is 9.30. The molecule has 0 aliphatic carbocycles. The first-order valence-corrected chi connectivity index (χ1v) is 9.30. The quantitative estimate of drug-likeness (QED) is 0.733. The molecule has 3 aromatic carbocycles. The van der Waals surface area contributed by atoms with Crippen LogP contribution in [0.2, 0.25) is 0 Å². The van der Waals surface area contributed by atoms with Crippen LogP contribution in [0.1, 0.15) is 17.2 Å². The Morgan fingerprint density at radius 3 is 2.04 bits per heavy atom. The lowest BCUT2D eigenvalue weighted by Crippen LogP contribution is -2.48. The lowest BCUT2D eigenvalue weighted by molar-refractivity contribution is 0.169. The topological polar surface area (TPSA) is 46.9 Å². The summed E-state index contributed by atoms with van der Waals surface area (Å²) in [6.07, 6.45) is 0. The first kappa shape index (κ1) is 17.4. The molecule has 1 saturated heterocycles. The van der Waals surface area contributed by atoms with E-state index in [2.05, 4.69) is 34.1 Å². The van der Waals surface area contributed by atoms with E-state index in [1.807, 2.05) is 30.3 Å². The van der Waals surface area contributed by atoms with Gasteiger partial charge in [0.15, 0.2) is 0 Å². The van der Waals surface area contributed by atoms with Crippen molar-refractivity contribution in [2.24, 2.45) is 0 Å². The first-order chi connectivity index (χ1) is 13.2. The molecule has 0 saturated carbocycles. The number of nitrogens with zero attached hydrogens (tertiary/aromatic N) is 2. The van der Waals surface area contributed by atoms with Crippen molar-refractivity contribution in [3.8, 4) is 11.5 Å². The van der Waals surface area contributed by atoms with Gasteiger partial charge in [-0.15, -0.1) is 0 Å². The Hall–Kier alpha value is -2.98. The summed E-state index contributed by atoms with van der Waals surface area (Å²) in [5.41, 5.74) is 3.64. The Labute approximate surface area is 159 Å². The predicted octanol–water partition coefficient (Wildman–Crippen LogP) is 4.16. The minimum atomic E-state index is 0.280. The fourth-order valence-electron chi connectivity index (χ4n) is 3.73. The third kappa shape index (κ3) is 4.07. The second-order valence-corrected chi connectivity index (χ2v) is 7.03. The van der Waals surface area contributed by atoms with Crippen molar-refractivity contribution in [3.05, 3.63) is 90.0 Å². The zero-order chi connectivity index (χ0) is 18.6. The van der Waals surface area contributed by atoms with Gasteiger partial charge in [0.05, 0.1) is 6.04 Å². The molecule has 0 amide bonds. The summed E-state index contributed by atoms with van der Waals surface area (Å²) in [6, 6.07) is 25.8. The van der Waals surface area contributed by atoms with Crippen molar-refractivity contribution >= 4 is 5.69 Å². The van der Waals surface area contributed by atoms with Gasteiger partial charge < -0.3 is 15.1 Å². The molecule has 3 aromatic rings. The monoisotopic (exact) mass is 360 g/mol. The number of benzene rings is 3. The predicted molar refractivity (Wildman–Crippen MR) is 108 cm³/mol. The van der Waals surface area contributed by atoms with Crippen LogP contribution < -0.4 is 4.90 Å². The van der Waals surface area contributed by atoms with E-state index in [0.29, 0.717) is 11.5 Å². The fourth-order valence-corrected chi connectivity index (χ4v) is 3.73. The fraction of sp³-hybridized carbons (Fsp3) is 0.217. The zero-order valence-corrected chi connectivity index (χ0v) is 15.2. The molecule has 27 heavy (non-hydrogen) atoms. The molecule has 4 nitrogen and oxygen atoms in total. The molecule has 4 rings (SSSR count). The van der Waals surface area contributed by atoms with Crippen LogP contribution >= 0.6 is 0 Å². The third-order valence-corrected chi connectivity index (χ3v) is 5.21. The SMILES string of the molecule is Oc1ccc(CN2CCN(c3ccc(O)cc3)C[C@@H]2c2ccccc2)cc1. The van der Waals surface area contributed by atoms with Crippen molar-refractivity contribution in [1.82, 2.24) is 4.90 Å². The summed E-state index contributed by atoms with van der Waals surface area (Å²) in [7, 11) is 0. The summed E-state index contributed by atoms with van der Waals surface area (Å²) in [5.74, 6) is 0.597. The number of hydrogen-bond donors (Lipinski definition) is 2. The lowest BCUT2D eigenvalue weighted by atomic mass is 10.0. The summed E-state index contributed by atoms with van der Waals surface area (Å²) < 4.78 is 0. The summed E-state index contributed by atoms with van der Waals surface area (Å²) in [6.45, 7) is 3.63. The molecular weight excluding hydrogens is 336 g/mol. The van der Waals surface area contributed by atoms with Crippen LogP contribution in [0.5, 0.6) is 11.5 Å². The Balaban J connectivity index is 1.58. The van der Waals surface area contributed by atoms with Crippen LogP contribution in [0.15, 0.2) is 78.9 Å². The van der Waals surface area contributed by atoms with Crippen LogP contribution in [0.25, 0.3) is 0 Å². The van der Waals surface area contributed by atoms with E-state index in [1.165, 1.54) is 11.1 Å². The molecule has 1 aliphatic heterocycles. The molecule has 0 spiro atoms. The van der Waals surface area contributed by atoms with Crippen molar-refractivity contribution in [3.63, 3.8) is 0 Å². The summed E-state index contributed by atoms with van der Waals surface area (Å²) >= 11 is 0. The summed E-state index contributed by atoms with van der Waals surface area (Å²) in [5, 5.41) is 19.1. The Morgan fingerprint density at radius 2 is 1.37 bits per heavy atom. The van der Waals surface area contributed by atoms with E-state index < -0.39 is 0 Å². The lowest BCUT2D eigenvalue weighted by Gasteiger charge is -2.43. The van der Waals surface area contributed by atoms with E-state index in [9.17, 15) is 10.2 Å². The van der Waals surface area contributed by atoms with Gasteiger partial charge in [-0.2, -0.15) is 0 Å². The largest absolute Gasteiger partial charge is 0.508 e. The number of phenols is 2. The van der Waals surface area contributed by atoms with Crippen molar-refractivity contribution in [2.45, 2.75) is 12.6 Å². The highest BCUT2D eigenvalue weighted by Gasteiger charge is 2.28. The molecule has 1 aliphatic rings.